The van der Waals surface area contributed by atoms with E-state index in [9.17, 15) is 4.39 Å². The highest BCUT2D eigenvalue weighted by Crippen LogP contribution is 2.27. The zero-order valence-corrected chi connectivity index (χ0v) is 13.5. The summed E-state index contributed by atoms with van der Waals surface area (Å²) in [4.78, 5) is 0. The van der Waals surface area contributed by atoms with Crippen LogP contribution in [0.15, 0.2) is 22.7 Å². The van der Waals surface area contributed by atoms with E-state index in [2.05, 4.69) is 35.1 Å². The van der Waals surface area contributed by atoms with Crippen molar-refractivity contribution in [1.82, 2.24) is 5.32 Å². The molecule has 1 unspecified atom stereocenters. The Balaban J connectivity index is 2.27. The van der Waals surface area contributed by atoms with Gasteiger partial charge in [0.2, 0.25) is 0 Å². The molecule has 2 nitrogen and oxygen atoms in total. The van der Waals surface area contributed by atoms with Crippen LogP contribution < -0.4 is 10.1 Å². The number of halogens is 2. The van der Waals surface area contributed by atoms with Crippen LogP contribution in [-0.4, -0.2) is 19.2 Å². The third-order valence-electron chi connectivity index (χ3n) is 2.74. The molecule has 0 aromatic heterocycles. The molecule has 108 valence electrons. The Bertz CT molecular complexity index is 384. The minimum Gasteiger partial charge on any atom is -0.489 e. The Morgan fingerprint density at radius 1 is 1.32 bits per heavy atom. The lowest BCUT2D eigenvalue weighted by Gasteiger charge is -2.16. The van der Waals surface area contributed by atoms with Gasteiger partial charge in [-0.3, -0.25) is 0 Å². The van der Waals surface area contributed by atoms with E-state index in [0.29, 0.717) is 11.7 Å². The Kier molecular flexibility index (Phi) is 7.39. The average molecular weight is 332 g/mol. The van der Waals surface area contributed by atoms with Crippen LogP contribution in [-0.2, 0) is 0 Å². The Morgan fingerprint density at radius 3 is 2.74 bits per heavy atom. The molecule has 1 aromatic rings. The molecule has 1 N–H and O–H groups in total. The molecule has 0 aliphatic heterocycles. The van der Waals surface area contributed by atoms with Crippen molar-refractivity contribution in [2.24, 2.45) is 5.92 Å². The highest BCUT2D eigenvalue weighted by Gasteiger charge is 2.08. The Hall–Kier alpha value is -0.610. The zero-order chi connectivity index (χ0) is 14.3. The lowest BCUT2D eigenvalue weighted by Crippen LogP contribution is -2.22. The summed E-state index contributed by atoms with van der Waals surface area (Å²) in [5.74, 6) is 0.976. The highest BCUT2D eigenvalue weighted by atomic mass is 79.9. The van der Waals surface area contributed by atoms with E-state index in [0.717, 1.165) is 30.4 Å². The number of hydrogen-bond acceptors (Lipinski definition) is 2. The van der Waals surface area contributed by atoms with Gasteiger partial charge in [0.05, 0.1) is 10.6 Å². The van der Waals surface area contributed by atoms with Crippen LogP contribution in [0.5, 0.6) is 5.75 Å². The normalized spacial score (nSPS) is 12.7. The van der Waals surface area contributed by atoms with E-state index < -0.39 is 0 Å². The van der Waals surface area contributed by atoms with Gasteiger partial charge in [-0.1, -0.05) is 13.8 Å². The largest absolute Gasteiger partial charge is 0.489 e. The predicted octanol–water partition coefficient (Wildman–Crippen LogP) is 4.38. The van der Waals surface area contributed by atoms with Gasteiger partial charge in [-0.25, -0.2) is 4.39 Å². The van der Waals surface area contributed by atoms with Crippen LogP contribution in [0.2, 0.25) is 0 Å². The lowest BCUT2D eigenvalue weighted by atomic mass is 10.2. The fraction of sp³-hybridized carbons (Fsp3) is 0.600. The topological polar surface area (TPSA) is 21.3 Å². The maximum atomic E-state index is 13.1. The van der Waals surface area contributed by atoms with Gasteiger partial charge in [0.1, 0.15) is 11.6 Å². The number of rotatable bonds is 8. The summed E-state index contributed by atoms with van der Waals surface area (Å²) in [5, 5.41) is 3.40. The van der Waals surface area contributed by atoms with Gasteiger partial charge < -0.3 is 10.1 Å². The van der Waals surface area contributed by atoms with Crippen LogP contribution in [0.25, 0.3) is 0 Å². The minimum atomic E-state index is -0.274. The lowest BCUT2D eigenvalue weighted by molar-refractivity contribution is 0.205. The van der Waals surface area contributed by atoms with Gasteiger partial charge in [0.25, 0.3) is 0 Å². The van der Waals surface area contributed by atoms with Gasteiger partial charge in [-0.15, -0.1) is 0 Å². The molecule has 0 aliphatic rings. The summed E-state index contributed by atoms with van der Waals surface area (Å²) >= 11 is 3.36. The van der Waals surface area contributed by atoms with E-state index in [1.807, 2.05) is 6.92 Å². The summed E-state index contributed by atoms with van der Waals surface area (Å²) in [6.07, 6.45) is 2.09. The highest BCUT2D eigenvalue weighted by molar-refractivity contribution is 9.10. The molecule has 1 atom stereocenters. The van der Waals surface area contributed by atoms with Crippen molar-refractivity contribution < 1.29 is 9.13 Å². The SMILES string of the molecule is CC(C)CNCCCC(C)Oc1cc(F)ccc1Br. The summed E-state index contributed by atoms with van der Waals surface area (Å²) in [6, 6.07) is 4.50. The molecule has 1 aromatic carbocycles. The average Bonchev–Trinajstić information content (AvgIpc) is 2.33. The molecule has 4 heteroatoms. The van der Waals surface area contributed by atoms with Crippen LogP contribution in [0.3, 0.4) is 0 Å². The van der Waals surface area contributed by atoms with Crippen molar-refractivity contribution in [3.8, 4) is 5.75 Å². The summed E-state index contributed by atoms with van der Waals surface area (Å²) < 4.78 is 19.6. The molecule has 0 saturated carbocycles. The molecule has 19 heavy (non-hydrogen) atoms. The molecule has 0 bridgehead atoms. The third-order valence-corrected chi connectivity index (χ3v) is 3.39. The molecule has 1 rings (SSSR count). The minimum absolute atomic E-state index is 0.0824. The Morgan fingerprint density at radius 2 is 2.05 bits per heavy atom. The number of nitrogens with one attached hydrogen (secondary N) is 1. The van der Waals surface area contributed by atoms with Gasteiger partial charge in [0, 0.05) is 6.07 Å². The summed E-state index contributed by atoms with van der Waals surface area (Å²) in [5.41, 5.74) is 0. The van der Waals surface area contributed by atoms with Crippen molar-refractivity contribution in [2.75, 3.05) is 13.1 Å². The molecule has 0 fully saturated rings. The third kappa shape index (κ3) is 6.92. The first-order valence-corrected chi connectivity index (χ1v) is 7.60. The van der Waals surface area contributed by atoms with Crippen molar-refractivity contribution in [3.63, 3.8) is 0 Å². The maximum absolute atomic E-state index is 13.1. The molecular formula is C15H23BrFNO. The fourth-order valence-electron chi connectivity index (χ4n) is 1.75. The predicted molar refractivity (Wildman–Crippen MR) is 81.1 cm³/mol. The first kappa shape index (κ1) is 16.4. The summed E-state index contributed by atoms with van der Waals surface area (Å²) in [7, 11) is 0. The van der Waals surface area contributed by atoms with Crippen LogP contribution in [0.4, 0.5) is 4.39 Å². The molecule has 0 saturated heterocycles. The van der Waals surface area contributed by atoms with Crippen molar-refractivity contribution in [2.45, 2.75) is 39.7 Å². The summed E-state index contributed by atoms with van der Waals surface area (Å²) in [6.45, 7) is 8.45. The van der Waals surface area contributed by atoms with E-state index in [-0.39, 0.29) is 11.9 Å². The van der Waals surface area contributed by atoms with Crippen LogP contribution in [0, 0.1) is 11.7 Å². The van der Waals surface area contributed by atoms with Crippen LogP contribution >= 0.6 is 15.9 Å². The van der Waals surface area contributed by atoms with Crippen molar-refractivity contribution >= 4 is 15.9 Å². The molecule has 0 heterocycles. The van der Waals surface area contributed by atoms with Crippen molar-refractivity contribution in [1.29, 1.82) is 0 Å². The van der Waals surface area contributed by atoms with E-state index in [1.165, 1.54) is 12.1 Å². The first-order chi connectivity index (χ1) is 8.99. The van der Waals surface area contributed by atoms with E-state index >= 15 is 0 Å². The molecule has 0 radical (unpaired) electrons. The molecule has 0 amide bonds. The maximum Gasteiger partial charge on any atom is 0.136 e. The van der Waals surface area contributed by atoms with Crippen LogP contribution in [0.1, 0.15) is 33.6 Å². The number of ether oxygens (including phenoxy) is 1. The second kappa shape index (κ2) is 8.54. The second-order valence-corrected chi connectivity index (χ2v) is 6.10. The molecule has 0 spiro atoms. The van der Waals surface area contributed by atoms with Gasteiger partial charge >= 0.3 is 0 Å². The molecular weight excluding hydrogens is 309 g/mol. The number of benzene rings is 1. The van der Waals surface area contributed by atoms with E-state index in [4.69, 9.17) is 4.74 Å². The van der Waals surface area contributed by atoms with E-state index in [1.54, 1.807) is 6.07 Å². The smallest absolute Gasteiger partial charge is 0.136 e. The monoisotopic (exact) mass is 331 g/mol. The number of hydrogen-bond donors (Lipinski definition) is 1. The standard InChI is InChI=1S/C15H23BrFNO/c1-11(2)10-18-8-4-5-12(3)19-15-9-13(17)6-7-14(15)16/h6-7,9,11-12,18H,4-5,8,10H2,1-3H3. The van der Waals surface area contributed by atoms with Gasteiger partial charge in [-0.2, -0.15) is 0 Å². The van der Waals surface area contributed by atoms with Gasteiger partial charge in [0.15, 0.2) is 0 Å². The Labute approximate surface area is 123 Å². The molecule has 0 aliphatic carbocycles. The quantitative estimate of drug-likeness (QED) is 0.713. The van der Waals surface area contributed by atoms with Gasteiger partial charge in [-0.05, 0) is 66.8 Å². The first-order valence-electron chi connectivity index (χ1n) is 6.81. The second-order valence-electron chi connectivity index (χ2n) is 5.24. The zero-order valence-electron chi connectivity index (χ0n) is 11.9. The fourth-order valence-corrected chi connectivity index (χ4v) is 2.09. The van der Waals surface area contributed by atoms with Crippen molar-refractivity contribution in [3.05, 3.63) is 28.5 Å².